The van der Waals surface area contributed by atoms with E-state index in [1.807, 2.05) is 13.1 Å². The zero-order chi connectivity index (χ0) is 15.4. The summed E-state index contributed by atoms with van der Waals surface area (Å²) in [6.45, 7) is 6.11. The topological polar surface area (TPSA) is 64.8 Å². The molecule has 0 unspecified atom stereocenters. The number of pyridine rings is 1. The summed E-state index contributed by atoms with van der Waals surface area (Å²) in [7, 11) is 0. The molecule has 3 rings (SSSR count). The van der Waals surface area contributed by atoms with Gasteiger partial charge in [0, 0.05) is 36.9 Å². The number of hydrogen-bond donors (Lipinski definition) is 1. The summed E-state index contributed by atoms with van der Waals surface area (Å²) in [6, 6.07) is 5.76. The molecule has 3 heterocycles. The molecule has 0 amide bonds. The number of nitrogens with one attached hydrogen (secondary N) is 1. The van der Waals surface area contributed by atoms with Crippen LogP contribution in [0.15, 0.2) is 24.5 Å². The Kier molecular flexibility index (Phi) is 4.66. The molecule has 22 heavy (non-hydrogen) atoms. The molecule has 1 aliphatic heterocycles. The van der Waals surface area contributed by atoms with Crippen LogP contribution in [0.25, 0.3) is 0 Å². The molecule has 1 aliphatic rings. The van der Waals surface area contributed by atoms with Gasteiger partial charge in [0.05, 0.1) is 10.6 Å². The summed E-state index contributed by atoms with van der Waals surface area (Å²) in [6.07, 6.45) is 4.88. The smallest absolute Gasteiger partial charge is 0.143 e. The average molecular weight is 313 g/mol. The first-order chi connectivity index (χ1) is 10.7. The highest BCUT2D eigenvalue weighted by molar-refractivity contribution is 7.11. The lowest BCUT2D eigenvalue weighted by molar-refractivity contribution is 0.321. The molecule has 114 valence electrons. The first-order valence-corrected chi connectivity index (χ1v) is 8.29. The van der Waals surface area contributed by atoms with Crippen molar-refractivity contribution in [2.24, 2.45) is 5.92 Å². The van der Waals surface area contributed by atoms with Crippen LogP contribution >= 0.6 is 11.3 Å². The minimum atomic E-state index is 0.600. The number of hydrogen-bond acceptors (Lipinski definition) is 6. The largest absolute Gasteiger partial charge is 0.369 e. The standard InChI is InChI=1S/C16H19N5S/c1-12-19-9-15(22-12)11-21-6-4-13(10-21)8-20-16-14(7-17)3-2-5-18-16/h2-3,5,9,13H,4,6,8,10-11H2,1H3,(H,18,20)/t13-/m0/s1. The maximum atomic E-state index is 9.08. The Bertz CT molecular complexity index is 675. The summed E-state index contributed by atoms with van der Waals surface area (Å²) in [4.78, 5) is 12.4. The maximum Gasteiger partial charge on any atom is 0.143 e. The third-order valence-electron chi connectivity index (χ3n) is 3.90. The quantitative estimate of drug-likeness (QED) is 0.919. The van der Waals surface area contributed by atoms with Crippen molar-refractivity contribution in [3.63, 3.8) is 0 Å². The fourth-order valence-corrected chi connectivity index (χ4v) is 3.64. The summed E-state index contributed by atoms with van der Waals surface area (Å²) in [5.41, 5.74) is 0.609. The van der Waals surface area contributed by atoms with E-state index in [1.165, 1.54) is 11.3 Å². The van der Waals surface area contributed by atoms with Gasteiger partial charge in [0.15, 0.2) is 0 Å². The Hall–Kier alpha value is -1.97. The second kappa shape index (κ2) is 6.86. The number of anilines is 1. The third kappa shape index (κ3) is 3.62. The molecule has 0 bridgehead atoms. The number of rotatable bonds is 5. The maximum absolute atomic E-state index is 9.08. The van der Waals surface area contributed by atoms with Crippen LogP contribution in [0.3, 0.4) is 0 Å². The van der Waals surface area contributed by atoms with E-state index < -0.39 is 0 Å². The molecule has 5 nitrogen and oxygen atoms in total. The Morgan fingerprint density at radius 2 is 2.41 bits per heavy atom. The molecule has 2 aromatic rings. The molecule has 1 atom stereocenters. The molecule has 1 N–H and O–H groups in total. The Balaban J connectivity index is 1.50. The highest BCUT2D eigenvalue weighted by Gasteiger charge is 2.23. The van der Waals surface area contributed by atoms with Crippen LogP contribution in [0.2, 0.25) is 0 Å². The van der Waals surface area contributed by atoms with E-state index >= 15 is 0 Å². The van der Waals surface area contributed by atoms with E-state index in [1.54, 1.807) is 29.7 Å². The van der Waals surface area contributed by atoms with Gasteiger partial charge in [0.2, 0.25) is 0 Å². The molecular formula is C16H19N5S. The SMILES string of the molecule is Cc1ncc(CN2CC[C@@H](CNc3ncccc3C#N)C2)s1. The monoisotopic (exact) mass is 313 g/mol. The van der Waals surface area contributed by atoms with E-state index in [0.717, 1.165) is 31.2 Å². The predicted octanol–water partition coefficient (Wildman–Crippen LogP) is 2.65. The zero-order valence-electron chi connectivity index (χ0n) is 12.6. The van der Waals surface area contributed by atoms with E-state index in [-0.39, 0.29) is 0 Å². The van der Waals surface area contributed by atoms with Gasteiger partial charge in [0.1, 0.15) is 11.9 Å². The van der Waals surface area contributed by atoms with Gasteiger partial charge in [0.25, 0.3) is 0 Å². The van der Waals surface area contributed by atoms with Gasteiger partial charge in [-0.3, -0.25) is 4.90 Å². The van der Waals surface area contributed by atoms with E-state index in [0.29, 0.717) is 17.3 Å². The lowest BCUT2D eigenvalue weighted by Crippen LogP contribution is -2.22. The van der Waals surface area contributed by atoms with E-state index in [2.05, 4.69) is 26.3 Å². The highest BCUT2D eigenvalue weighted by atomic mass is 32.1. The molecule has 1 fully saturated rings. The predicted molar refractivity (Wildman–Crippen MR) is 87.7 cm³/mol. The molecule has 1 saturated heterocycles. The van der Waals surface area contributed by atoms with Crippen LogP contribution in [0.1, 0.15) is 21.9 Å². The summed E-state index contributed by atoms with van der Waals surface area (Å²) in [5, 5.41) is 13.5. The minimum absolute atomic E-state index is 0.600. The number of nitrogens with zero attached hydrogens (tertiary/aromatic N) is 4. The van der Waals surface area contributed by atoms with Gasteiger partial charge < -0.3 is 5.32 Å². The fraction of sp³-hybridized carbons (Fsp3) is 0.438. The Morgan fingerprint density at radius 3 is 3.18 bits per heavy atom. The van der Waals surface area contributed by atoms with Gasteiger partial charge in [-0.2, -0.15) is 5.26 Å². The number of thiazole rings is 1. The molecule has 0 aromatic carbocycles. The van der Waals surface area contributed by atoms with Crippen molar-refractivity contribution < 1.29 is 0 Å². The van der Waals surface area contributed by atoms with Crippen molar-refractivity contribution in [1.82, 2.24) is 14.9 Å². The van der Waals surface area contributed by atoms with Crippen LogP contribution in [-0.2, 0) is 6.54 Å². The van der Waals surface area contributed by atoms with E-state index in [9.17, 15) is 0 Å². The first kappa shape index (κ1) is 14.9. The Labute approximate surface area is 134 Å². The molecule has 0 spiro atoms. The van der Waals surface area contributed by atoms with Crippen molar-refractivity contribution in [2.75, 3.05) is 25.0 Å². The van der Waals surface area contributed by atoms with Crippen LogP contribution in [0.5, 0.6) is 0 Å². The van der Waals surface area contributed by atoms with Gasteiger partial charge in [-0.15, -0.1) is 11.3 Å². The van der Waals surface area contributed by atoms with Crippen molar-refractivity contribution in [2.45, 2.75) is 19.9 Å². The molecule has 0 aliphatic carbocycles. The summed E-state index contributed by atoms with van der Waals surface area (Å²) in [5.74, 6) is 1.30. The average Bonchev–Trinajstić information content (AvgIpc) is 3.15. The number of nitriles is 1. The first-order valence-electron chi connectivity index (χ1n) is 7.47. The van der Waals surface area contributed by atoms with Gasteiger partial charge in [-0.05, 0) is 37.9 Å². The molecule has 0 radical (unpaired) electrons. The summed E-state index contributed by atoms with van der Waals surface area (Å²) < 4.78 is 0. The number of aromatic nitrogens is 2. The van der Waals surface area contributed by atoms with Crippen molar-refractivity contribution in [3.8, 4) is 6.07 Å². The van der Waals surface area contributed by atoms with Crippen molar-refractivity contribution in [3.05, 3.63) is 40.0 Å². The Morgan fingerprint density at radius 1 is 1.50 bits per heavy atom. The third-order valence-corrected chi connectivity index (χ3v) is 4.80. The van der Waals surface area contributed by atoms with Crippen molar-refractivity contribution in [1.29, 1.82) is 5.26 Å². The van der Waals surface area contributed by atoms with Crippen molar-refractivity contribution >= 4 is 17.2 Å². The molecule has 2 aromatic heterocycles. The van der Waals surface area contributed by atoms with Crippen LogP contribution in [0.4, 0.5) is 5.82 Å². The lowest BCUT2D eigenvalue weighted by Gasteiger charge is -2.15. The second-order valence-electron chi connectivity index (χ2n) is 5.63. The fourth-order valence-electron chi connectivity index (χ4n) is 2.80. The normalized spacial score (nSPS) is 18.3. The second-order valence-corrected chi connectivity index (χ2v) is 6.95. The van der Waals surface area contributed by atoms with E-state index in [4.69, 9.17) is 5.26 Å². The minimum Gasteiger partial charge on any atom is -0.369 e. The number of aryl methyl sites for hydroxylation is 1. The molecule has 0 saturated carbocycles. The summed E-state index contributed by atoms with van der Waals surface area (Å²) >= 11 is 1.78. The molecular weight excluding hydrogens is 294 g/mol. The van der Waals surface area contributed by atoms with Gasteiger partial charge in [-0.1, -0.05) is 0 Å². The highest BCUT2D eigenvalue weighted by Crippen LogP contribution is 2.22. The lowest BCUT2D eigenvalue weighted by atomic mass is 10.1. The molecule has 6 heteroatoms. The van der Waals surface area contributed by atoms with Gasteiger partial charge >= 0.3 is 0 Å². The van der Waals surface area contributed by atoms with Crippen LogP contribution < -0.4 is 5.32 Å². The number of likely N-dealkylation sites (tertiary alicyclic amines) is 1. The van der Waals surface area contributed by atoms with Crippen LogP contribution in [0, 0.1) is 24.2 Å². The zero-order valence-corrected chi connectivity index (χ0v) is 13.4. The van der Waals surface area contributed by atoms with Crippen LogP contribution in [-0.4, -0.2) is 34.5 Å². The van der Waals surface area contributed by atoms with Gasteiger partial charge in [-0.25, -0.2) is 9.97 Å².